The summed E-state index contributed by atoms with van der Waals surface area (Å²) in [6, 6.07) is 0. The molecule has 120 valence electrons. The first-order valence-corrected chi connectivity index (χ1v) is 7.17. The zero-order chi connectivity index (χ0) is 16.1. The molecule has 0 saturated carbocycles. The van der Waals surface area contributed by atoms with Gasteiger partial charge in [-0.15, -0.1) is 0 Å². The van der Waals surface area contributed by atoms with Gasteiger partial charge in [0.2, 0.25) is 11.6 Å². The standard InChI is InChI=1S/C13H19N5O4/c1-3-22-13(19)9-4-6-17(7-5-9)12-10(18(20)21)11(14-2)15-8-16-12/h8-9H,3-7H2,1-2H3,(H,14,15,16). The van der Waals surface area contributed by atoms with Crippen molar-refractivity contribution >= 4 is 23.3 Å². The molecule has 2 rings (SSSR count). The lowest BCUT2D eigenvalue weighted by Crippen LogP contribution is -2.37. The van der Waals surface area contributed by atoms with Crippen LogP contribution in [-0.4, -0.2) is 47.6 Å². The predicted molar refractivity (Wildman–Crippen MR) is 79.8 cm³/mol. The van der Waals surface area contributed by atoms with E-state index in [1.807, 2.05) is 4.90 Å². The van der Waals surface area contributed by atoms with Gasteiger partial charge in [-0.05, 0) is 19.8 Å². The summed E-state index contributed by atoms with van der Waals surface area (Å²) in [4.78, 5) is 32.3. The minimum absolute atomic E-state index is 0.139. The highest BCUT2D eigenvalue weighted by Gasteiger charge is 2.31. The summed E-state index contributed by atoms with van der Waals surface area (Å²) < 4.78 is 5.02. The van der Waals surface area contributed by atoms with Crippen molar-refractivity contribution in [3.63, 3.8) is 0 Å². The van der Waals surface area contributed by atoms with Crippen molar-refractivity contribution in [2.75, 3.05) is 37.0 Å². The Kier molecular flexibility index (Phi) is 5.08. The fraction of sp³-hybridized carbons (Fsp3) is 0.615. The van der Waals surface area contributed by atoms with Crippen LogP contribution in [-0.2, 0) is 9.53 Å². The first-order chi connectivity index (χ1) is 10.6. The molecule has 0 amide bonds. The van der Waals surface area contributed by atoms with Crippen molar-refractivity contribution in [1.29, 1.82) is 0 Å². The molecule has 1 aliphatic rings. The molecule has 1 aromatic rings. The molecule has 0 aliphatic carbocycles. The molecule has 22 heavy (non-hydrogen) atoms. The van der Waals surface area contributed by atoms with Crippen LogP contribution in [0.15, 0.2) is 6.33 Å². The Bertz CT molecular complexity index is 557. The van der Waals surface area contributed by atoms with Gasteiger partial charge in [0.05, 0.1) is 17.4 Å². The maximum Gasteiger partial charge on any atom is 0.353 e. The fourth-order valence-electron chi connectivity index (χ4n) is 2.54. The van der Waals surface area contributed by atoms with Crippen LogP contribution in [0.25, 0.3) is 0 Å². The number of ether oxygens (including phenoxy) is 1. The molecule has 1 saturated heterocycles. The molecular weight excluding hydrogens is 290 g/mol. The molecule has 1 aromatic heterocycles. The average molecular weight is 309 g/mol. The average Bonchev–Trinajstić information content (AvgIpc) is 2.54. The molecule has 0 spiro atoms. The summed E-state index contributed by atoms with van der Waals surface area (Å²) in [7, 11) is 1.58. The summed E-state index contributed by atoms with van der Waals surface area (Å²) in [5.41, 5.74) is -0.139. The van der Waals surface area contributed by atoms with Crippen molar-refractivity contribution in [3.05, 3.63) is 16.4 Å². The van der Waals surface area contributed by atoms with Crippen molar-refractivity contribution in [1.82, 2.24) is 9.97 Å². The summed E-state index contributed by atoms with van der Waals surface area (Å²) in [6.07, 6.45) is 2.48. The van der Waals surface area contributed by atoms with Crippen LogP contribution in [0.3, 0.4) is 0 Å². The third-order valence-electron chi connectivity index (χ3n) is 3.64. The van der Waals surface area contributed by atoms with Gasteiger partial charge in [-0.25, -0.2) is 9.97 Å². The van der Waals surface area contributed by atoms with E-state index >= 15 is 0 Å². The Morgan fingerprint density at radius 1 is 1.50 bits per heavy atom. The highest BCUT2D eigenvalue weighted by molar-refractivity contribution is 5.74. The Hall–Kier alpha value is -2.45. The molecule has 9 heteroatoms. The quantitative estimate of drug-likeness (QED) is 0.491. The van der Waals surface area contributed by atoms with Gasteiger partial charge in [0.1, 0.15) is 6.33 Å². The van der Waals surface area contributed by atoms with Crippen LogP contribution < -0.4 is 10.2 Å². The third-order valence-corrected chi connectivity index (χ3v) is 3.64. The molecule has 0 unspecified atom stereocenters. The number of nitrogens with one attached hydrogen (secondary N) is 1. The van der Waals surface area contributed by atoms with E-state index < -0.39 is 4.92 Å². The smallest absolute Gasteiger partial charge is 0.353 e. The van der Waals surface area contributed by atoms with Crippen LogP contribution in [0, 0.1) is 16.0 Å². The highest BCUT2D eigenvalue weighted by atomic mass is 16.6. The van der Waals surface area contributed by atoms with Gasteiger partial charge in [0.15, 0.2) is 0 Å². The van der Waals surface area contributed by atoms with Crippen molar-refractivity contribution < 1.29 is 14.5 Å². The first-order valence-electron chi connectivity index (χ1n) is 7.17. The van der Waals surface area contributed by atoms with Crippen LogP contribution >= 0.6 is 0 Å². The molecule has 0 aromatic carbocycles. The summed E-state index contributed by atoms with van der Waals surface area (Å²) in [5, 5.41) is 14.0. The number of carbonyl (C=O) groups is 1. The molecule has 1 aliphatic heterocycles. The van der Waals surface area contributed by atoms with E-state index in [0.717, 1.165) is 0 Å². The second-order valence-electron chi connectivity index (χ2n) is 4.91. The van der Waals surface area contributed by atoms with Gasteiger partial charge in [-0.1, -0.05) is 0 Å². The Morgan fingerprint density at radius 3 is 2.73 bits per heavy atom. The van der Waals surface area contributed by atoms with E-state index in [4.69, 9.17) is 4.74 Å². The summed E-state index contributed by atoms with van der Waals surface area (Å²) in [6.45, 7) is 3.17. The topological polar surface area (TPSA) is 110 Å². The number of hydrogen-bond donors (Lipinski definition) is 1. The zero-order valence-electron chi connectivity index (χ0n) is 12.6. The number of carbonyl (C=O) groups excluding carboxylic acids is 1. The van der Waals surface area contributed by atoms with Crippen LogP contribution in [0.5, 0.6) is 0 Å². The SMILES string of the molecule is CCOC(=O)C1CCN(c2ncnc(NC)c2[N+](=O)[O-])CC1. The summed E-state index contributed by atoms with van der Waals surface area (Å²) in [5.74, 6) is 0.116. The Morgan fingerprint density at radius 2 is 2.18 bits per heavy atom. The number of aromatic nitrogens is 2. The molecule has 0 bridgehead atoms. The molecule has 9 nitrogen and oxygen atoms in total. The number of anilines is 2. The molecule has 1 fully saturated rings. The van der Waals surface area contributed by atoms with Crippen LogP contribution in [0.4, 0.5) is 17.3 Å². The van der Waals surface area contributed by atoms with Crippen molar-refractivity contribution in [2.45, 2.75) is 19.8 Å². The lowest BCUT2D eigenvalue weighted by Gasteiger charge is -2.31. The summed E-state index contributed by atoms with van der Waals surface area (Å²) >= 11 is 0. The van der Waals surface area contributed by atoms with Crippen molar-refractivity contribution in [3.8, 4) is 0 Å². The number of hydrogen-bond acceptors (Lipinski definition) is 8. The van der Waals surface area contributed by atoms with E-state index in [9.17, 15) is 14.9 Å². The molecule has 1 N–H and O–H groups in total. The van der Waals surface area contributed by atoms with Gasteiger partial charge in [0, 0.05) is 20.1 Å². The van der Waals surface area contributed by atoms with Crippen molar-refractivity contribution in [2.24, 2.45) is 5.92 Å². The number of rotatable bonds is 5. The highest BCUT2D eigenvalue weighted by Crippen LogP contribution is 2.33. The second-order valence-corrected chi connectivity index (χ2v) is 4.91. The number of piperidine rings is 1. The van der Waals surface area contributed by atoms with Gasteiger partial charge in [-0.2, -0.15) is 0 Å². The molecular formula is C13H19N5O4. The third kappa shape index (κ3) is 3.23. The normalized spacial score (nSPS) is 15.5. The molecule has 0 radical (unpaired) electrons. The largest absolute Gasteiger partial charge is 0.466 e. The number of nitro groups is 1. The minimum atomic E-state index is -0.487. The number of nitrogens with zero attached hydrogens (tertiary/aromatic N) is 4. The van der Waals surface area contributed by atoms with E-state index in [2.05, 4.69) is 15.3 Å². The number of esters is 1. The maximum absolute atomic E-state index is 11.7. The fourth-order valence-corrected chi connectivity index (χ4v) is 2.54. The second kappa shape index (κ2) is 7.01. The maximum atomic E-state index is 11.7. The van der Waals surface area contributed by atoms with Crippen LogP contribution in [0.2, 0.25) is 0 Å². The van der Waals surface area contributed by atoms with E-state index in [0.29, 0.717) is 32.5 Å². The zero-order valence-corrected chi connectivity index (χ0v) is 12.6. The van der Waals surface area contributed by atoms with E-state index in [1.165, 1.54) is 6.33 Å². The van der Waals surface area contributed by atoms with Gasteiger partial charge in [0.25, 0.3) is 0 Å². The van der Waals surface area contributed by atoms with Gasteiger partial charge >= 0.3 is 11.7 Å². The lowest BCUT2D eigenvalue weighted by atomic mass is 9.97. The van der Waals surface area contributed by atoms with Gasteiger partial charge < -0.3 is 15.0 Å². The first kappa shape index (κ1) is 15.9. The predicted octanol–water partition coefficient (Wildman–Crippen LogP) is 1.21. The minimum Gasteiger partial charge on any atom is -0.466 e. The molecule has 2 heterocycles. The molecule has 0 atom stereocenters. The van der Waals surface area contributed by atoms with Gasteiger partial charge in [-0.3, -0.25) is 14.9 Å². The Balaban J connectivity index is 2.15. The Labute approximate surface area is 127 Å². The van der Waals surface area contributed by atoms with Crippen LogP contribution in [0.1, 0.15) is 19.8 Å². The van der Waals surface area contributed by atoms with E-state index in [-0.39, 0.29) is 29.2 Å². The monoisotopic (exact) mass is 309 g/mol. The van der Waals surface area contributed by atoms with E-state index in [1.54, 1.807) is 14.0 Å². The lowest BCUT2D eigenvalue weighted by molar-refractivity contribution is -0.383.